The third-order valence-corrected chi connectivity index (χ3v) is 7.57. The summed E-state index contributed by atoms with van der Waals surface area (Å²) in [6.45, 7) is 2.18. The van der Waals surface area contributed by atoms with E-state index in [4.69, 9.17) is 0 Å². The Hall–Kier alpha value is -0.130. The summed E-state index contributed by atoms with van der Waals surface area (Å²) < 4.78 is 23.1. The molecule has 0 spiro atoms. The van der Waals surface area contributed by atoms with Crippen molar-refractivity contribution in [3.8, 4) is 0 Å². The second kappa shape index (κ2) is 6.55. The molecule has 1 aliphatic carbocycles. The Morgan fingerprint density at radius 2 is 1.67 bits per heavy atom. The second-order valence-corrected chi connectivity index (χ2v) is 9.62. The monoisotopic (exact) mass is 315 g/mol. The Bertz CT molecular complexity index is 436. The van der Waals surface area contributed by atoms with Gasteiger partial charge in [0, 0.05) is 18.5 Å². The minimum absolute atomic E-state index is 0.115. The highest BCUT2D eigenvalue weighted by molar-refractivity contribution is 7.91. The SMILES string of the molecule is O=S1(=O)CCC(CN2CCC[C@@H]2[C@@H]2CCCC[C@@H]2O)CC1. The molecule has 3 atom stereocenters. The molecule has 0 radical (unpaired) electrons. The van der Waals surface area contributed by atoms with E-state index in [0.29, 0.717) is 29.4 Å². The van der Waals surface area contributed by atoms with Crippen LogP contribution in [-0.2, 0) is 9.84 Å². The van der Waals surface area contributed by atoms with E-state index in [1.54, 1.807) is 0 Å². The van der Waals surface area contributed by atoms with E-state index in [2.05, 4.69) is 4.90 Å². The Morgan fingerprint density at radius 3 is 2.38 bits per heavy atom. The lowest BCUT2D eigenvalue weighted by atomic mass is 9.80. The maximum Gasteiger partial charge on any atom is 0.150 e. The molecular formula is C16H29NO3S. The topological polar surface area (TPSA) is 57.6 Å². The van der Waals surface area contributed by atoms with Gasteiger partial charge in [-0.3, -0.25) is 4.90 Å². The number of hydrogen-bond acceptors (Lipinski definition) is 4. The van der Waals surface area contributed by atoms with Crippen LogP contribution < -0.4 is 0 Å². The molecule has 5 heteroatoms. The van der Waals surface area contributed by atoms with E-state index in [1.807, 2.05) is 0 Å². The zero-order chi connectivity index (χ0) is 14.9. The van der Waals surface area contributed by atoms with Gasteiger partial charge in [-0.25, -0.2) is 8.42 Å². The molecule has 4 nitrogen and oxygen atoms in total. The number of aliphatic hydroxyl groups is 1. The van der Waals surface area contributed by atoms with Gasteiger partial charge in [-0.1, -0.05) is 12.8 Å². The van der Waals surface area contributed by atoms with Gasteiger partial charge in [-0.05, 0) is 51.0 Å². The van der Waals surface area contributed by atoms with Crippen LogP contribution in [0.4, 0.5) is 0 Å². The van der Waals surface area contributed by atoms with Gasteiger partial charge in [0.15, 0.2) is 0 Å². The van der Waals surface area contributed by atoms with E-state index in [9.17, 15) is 13.5 Å². The number of hydrogen-bond donors (Lipinski definition) is 1. The number of likely N-dealkylation sites (tertiary alicyclic amines) is 1. The average molecular weight is 315 g/mol. The molecule has 2 aliphatic heterocycles. The van der Waals surface area contributed by atoms with Gasteiger partial charge in [0.1, 0.15) is 9.84 Å². The summed E-state index contributed by atoms with van der Waals surface area (Å²) in [5.74, 6) is 1.74. The molecule has 2 heterocycles. The van der Waals surface area contributed by atoms with Crippen molar-refractivity contribution in [1.29, 1.82) is 0 Å². The summed E-state index contributed by atoms with van der Waals surface area (Å²) in [5.41, 5.74) is 0. The van der Waals surface area contributed by atoms with Crippen LogP contribution >= 0.6 is 0 Å². The molecule has 0 aromatic carbocycles. The van der Waals surface area contributed by atoms with Crippen molar-refractivity contribution < 1.29 is 13.5 Å². The number of aliphatic hydroxyl groups excluding tert-OH is 1. The van der Waals surface area contributed by atoms with Crippen molar-refractivity contribution in [2.75, 3.05) is 24.6 Å². The predicted molar refractivity (Wildman–Crippen MR) is 83.9 cm³/mol. The number of sulfone groups is 1. The van der Waals surface area contributed by atoms with Crippen LogP contribution in [0.5, 0.6) is 0 Å². The molecule has 2 saturated heterocycles. The van der Waals surface area contributed by atoms with Crippen molar-refractivity contribution in [2.24, 2.45) is 11.8 Å². The first-order valence-corrected chi connectivity index (χ1v) is 10.5. The lowest BCUT2D eigenvalue weighted by molar-refractivity contribution is 0.0180. The first kappa shape index (κ1) is 15.8. The summed E-state index contributed by atoms with van der Waals surface area (Å²) in [6, 6.07) is 0.541. The summed E-state index contributed by atoms with van der Waals surface area (Å²) in [6.07, 6.45) is 8.57. The van der Waals surface area contributed by atoms with Crippen molar-refractivity contribution in [2.45, 2.75) is 63.5 Å². The van der Waals surface area contributed by atoms with E-state index in [1.165, 1.54) is 32.1 Å². The first-order valence-electron chi connectivity index (χ1n) is 8.68. The number of rotatable bonds is 3. The van der Waals surface area contributed by atoms with Crippen molar-refractivity contribution in [3.63, 3.8) is 0 Å². The van der Waals surface area contributed by atoms with Gasteiger partial charge < -0.3 is 5.11 Å². The minimum Gasteiger partial charge on any atom is -0.393 e. The van der Waals surface area contributed by atoms with Crippen molar-refractivity contribution in [1.82, 2.24) is 4.90 Å². The van der Waals surface area contributed by atoms with Crippen LogP contribution in [0.15, 0.2) is 0 Å². The van der Waals surface area contributed by atoms with E-state index in [0.717, 1.165) is 32.4 Å². The predicted octanol–water partition coefficient (Wildman–Crippen LogP) is 1.83. The maximum absolute atomic E-state index is 11.5. The molecule has 122 valence electrons. The van der Waals surface area contributed by atoms with Crippen LogP contribution in [-0.4, -0.2) is 55.2 Å². The van der Waals surface area contributed by atoms with Gasteiger partial charge in [-0.2, -0.15) is 0 Å². The summed E-state index contributed by atoms with van der Waals surface area (Å²) in [5, 5.41) is 10.3. The molecule has 21 heavy (non-hydrogen) atoms. The first-order chi connectivity index (χ1) is 10.1. The standard InChI is InChI=1S/C16H29NO3S/c18-16-6-2-1-4-14(16)15-5-3-9-17(15)12-13-7-10-21(19,20)11-8-13/h13-16,18H,1-12H2/t14-,15+,16-/m0/s1. The van der Waals surface area contributed by atoms with Gasteiger partial charge in [0.05, 0.1) is 17.6 Å². The maximum atomic E-state index is 11.5. The molecule has 0 aromatic rings. The van der Waals surface area contributed by atoms with Gasteiger partial charge in [0.2, 0.25) is 0 Å². The lowest BCUT2D eigenvalue weighted by Crippen LogP contribution is -2.45. The van der Waals surface area contributed by atoms with E-state index in [-0.39, 0.29) is 6.10 Å². The molecule has 0 aromatic heterocycles. The highest BCUT2D eigenvalue weighted by atomic mass is 32.2. The summed E-state index contributed by atoms with van der Waals surface area (Å²) in [4.78, 5) is 2.57. The highest BCUT2D eigenvalue weighted by Crippen LogP contribution is 2.35. The zero-order valence-electron chi connectivity index (χ0n) is 12.9. The Labute approximate surface area is 128 Å². The van der Waals surface area contributed by atoms with Crippen LogP contribution in [0.25, 0.3) is 0 Å². The van der Waals surface area contributed by atoms with E-state index >= 15 is 0 Å². The Balaban J connectivity index is 1.57. The molecule has 3 rings (SSSR count). The summed E-state index contributed by atoms with van der Waals surface area (Å²) >= 11 is 0. The van der Waals surface area contributed by atoms with Crippen LogP contribution in [0, 0.1) is 11.8 Å². The van der Waals surface area contributed by atoms with E-state index < -0.39 is 9.84 Å². The fraction of sp³-hybridized carbons (Fsp3) is 1.00. The minimum atomic E-state index is -2.75. The fourth-order valence-corrected chi connectivity index (χ4v) is 6.19. The zero-order valence-corrected chi connectivity index (χ0v) is 13.7. The fourth-order valence-electron chi connectivity index (χ4n) is 4.61. The molecule has 3 aliphatic rings. The van der Waals surface area contributed by atoms with Gasteiger partial charge in [0.25, 0.3) is 0 Å². The van der Waals surface area contributed by atoms with Crippen molar-refractivity contribution in [3.05, 3.63) is 0 Å². The average Bonchev–Trinajstić information content (AvgIpc) is 2.90. The highest BCUT2D eigenvalue weighted by Gasteiger charge is 2.38. The quantitative estimate of drug-likeness (QED) is 0.863. The molecule has 0 amide bonds. The third kappa shape index (κ3) is 3.80. The number of nitrogens with zero attached hydrogens (tertiary/aromatic N) is 1. The van der Waals surface area contributed by atoms with Crippen molar-refractivity contribution >= 4 is 9.84 Å². The third-order valence-electron chi connectivity index (χ3n) is 5.86. The Morgan fingerprint density at radius 1 is 0.952 bits per heavy atom. The molecule has 3 fully saturated rings. The van der Waals surface area contributed by atoms with Crippen LogP contribution in [0.1, 0.15) is 51.4 Å². The summed E-state index contributed by atoms with van der Waals surface area (Å²) in [7, 11) is -2.75. The normalized spacial score (nSPS) is 38.6. The van der Waals surface area contributed by atoms with Gasteiger partial charge >= 0.3 is 0 Å². The molecule has 0 unspecified atom stereocenters. The smallest absolute Gasteiger partial charge is 0.150 e. The van der Waals surface area contributed by atoms with Gasteiger partial charge in [-0.15, -0.1) is 0 Å². The molecular weight excluding hydrogens is 286 g/mol. The molecule has 1 N–H and O–H groups in total. The molecule has 1 saturated carbocycles. The largest absolute Gasteiger partial charge is 0.393 e. The molecule has 0 bridgehead atoms. The second-order valence-electron chi connectivity index (χ2n) is 7.32. The Kier molecular flexibility index (Phi) is 4.91. The lowest BCUT2D eigenvalue weighted by Gasteiger charge is -2.39. The van der Waals surface area contributed by atoms with Crippen LogP contribution in [0.2, 0.25) is 0 Å². The van der Waals surface area contributed by atoms with Crippen LogP contribution in [0.3, 0.4) is 0 Å².